The zero-order chi connectivity index (χ0) is 17.1. The van der Waals surface area contributed by atoms with E-state index < -0.39 is 19.7 Å². The summed E-state index contributed by atoms with van der Waals surface area (Å²) in [6.45, 7) is 2.82. The minimum Gasteiger partial charge on any atom is -0.381 e. The van der Waals surface area contributed by atoms with E-state index in [1.54, 1.807) is 0 Å². The summed E-state index contributed by atoms with van der Waals surface area (Å²) in [5.41, 5.74) is 0.432. The number of anilines is 1. The Hall–Kier alpha value is -1.12. The van der Waals surface area contributed by atoms with Crippen LogP contribution in [0.2, 0.25) is 0 Å². The lowest BCUT2D eigenvalue weighted by Crippen LogP contribution is -2.23. The van der Waals surface area contributed by atoms with E-state index in [0.29, 0.717) is 5.69 Å². The molecule has 0 bridgehead atoms. The molecule has 0 aliphatic heterocycles. The van der Waals surface area contributed by atoms with E-state index in [4.69, 9.17) is 0 Å². The summed E-state index contributed by atoms with van der Waals surface area (Å²) in [6.07, 6.45) is 2.97. The van der Waals surface area contributed by atoms with E-state index in [2.05, 4.69) is 5.32 Å². The van der Waals surface area contributed by atoms with Crippen LogP contribution in [0.15, 0.2) is 28.0 Å². The molecule has 8 heteroatoms. The third-order valence-corrected chi connectivity index (χ3v) is 5.44. The first kappa shape index (κ1) is 18.9. The molecule has 1 unspecified atom stereocenters. The lowest BCUT2D eigenvalue weighted by molar-refractivity contribution is 0.390. The Morgan fingerprint density at radius 1 is 1.09 bits per heavy atom. The molecular weight excluding hydrogens is 324 g/mol. The predicted octanol–water partition coefficient (Wildman–Crippen LogP) is 1.25. The lowest BCUT2D eigenvalue weighted by atomic mass is 10.2. The molecule has 0 spiro atoms. The van der Waals surface area contributed by atoms with Gasteiger partial charge in [0.1, 0.15) is 0 Å². The molecule has 1 rings (SSSR count). The number of hydrogen-bond donors (Lipinski definition) is 1. The number of benzene rings is 1. The van der Waals surface area contributed by atoms with Crippen LogP contribution in [-0.2, 0) is 19.7 Å². The Morgan fingerprint density at radius 3 is 2.14 bits per heavy atom. The van der Waals surface area contributed by atoms with Crippen LogP contribution in [0.4, 0.5) is 5.69 Å². The Labute approximate surface area is 133 Å². The summed E-state index contributed by atoms with van der Waals surface area (Å²) in [4.78, 5) is 2.05. The topological polar surface area (TPSA) is 83.6 Å². The molecule has 1 aromatic carbocycles. The van der Waals surface area contributed by atoms with Gasteiger partial charge in [-0.1, -0.05) is 0 Å². The average Bonchev–Trinajstić information content (AvgIpc) is 2.34. The molecule has 0 amide bonds. The van der Waals surface area contributed by atoms with Gasteiger partial charge in [-0.25, -0.2) is 16.8 Å². The highest BCUT2D eigenvalue weighted by atomic mass is 32.2. The van der Waals surface area contributed by atoms with Gasteiger partial charge in [-0.2, -0.15) is 0 Å². The van der Waals surface area contributed by atoms with Crippen molar-refractivity contribution >= 4 is 25.4 Å². The van der Waals surface area contributed by atoms with Crippen molar-refractivity contribution in [2.24, 2.45) is 0 Å². The van der Waals surface area contributed by atoms with Gasteiger partial charge in [-0.05, 0) is 52.2 Å². The van der Waals surface area contributed by atoms with Gasteiger partial charge in [0.05, 0.1) is 15.5 Å². The maximum absolute atomic E-state index is 11.9. The molecular formula is C14H24N2O4S2. The lowest BCUT2D eigenvalue weighted by Gasteiger charge is -2.19. The first-order valence-corrected chi connectivity index (χ1v) is 10.6. The number of nitrogens with one attached hydrogen (secondary N) is 1. The van der Waals surface area contributed by atoms with Crippen LogP contribution in [0.5, 0.6) is 0 Å². The highest BCUT2D eigenvalue weighted by Gasteiger charge is 2.18. The van der Waals surface area contributed by atoms with Crippen molar-refractivity contribution < 1.29 is 16.8 Å². The van der Waals surface area contributed by atoms with E-state index in [1.807, 2.05) is 25.9 Å². The number of nitrogens with zero attached hydrogens (tertiary/aromatic N) is 1. The van der Waals surface area contributed by atoms with Crippen molar-refractivity contribution in [2.45, 2.75) is 29.2 Å². The minimum absolute atomic E-state index is 0.000537. The maximum Gasteiger partial charge on any atom is 0.177 e. The second-order valence-electron chi connectivity index (χ2n) is 5.84. The van der Waals surface area contributed by atoms with Gasteiger partial charge in [0.15, 0.2) is 19.7 Å². The summed E-state index contributed by atoms with van der Waals surface area (Å²) in [5, 5.41) is 3.15. The molecule has 1 atom stereocenters. The Morgan fingerprint density at radius 2 is 1.68 bits per heavy atom. The molecule has 0 heterocycles. The molecule has 0 fully saturated rings. The fourth-order valence-electron chi connectivity index (χ4n) is 1.95. The molecule has 0 aliphatic rings. The van der Waals surface area contributed by atoms with Crippen molar-refractivity contribution in [1.82, 2.24) is 4.90 Å². The van der Waals surface area contributed by atoms with Crippen LogP contribution in [0.25, 0.3) is 0 Å². The molecule has 0 saturated carbocycles. The predicted molar refractivity (Wildman–Crippen MR) is 88.9 cm³/mol. The van der Waals surface area contributed by atoms with Gasteiger partial charge in [-0.3, -0.25) is 0 Å². The molecule has 126 valence electrons. The van der Waals surface area contributed by atoms with E-state index in [1.165, 1.54) is 18.2 Å². The normalized spacial score (nSPS) is 14.1. The third-order valence-electron chi connectivity index (χ3n) is 3.19. The SMILES string of the molecule is CC(CCN(C)C)Nc1ccc(S(C)(=O)=O)cc1S(C)(=O)=O. The van der Waals surface area contributed by atoms with E-state index in [-0.39, 0.29) is 15.8 Å². The molecule has 6 nitrogen and oxygen atoms in total. The number of rotatable bonds is 7. The maximum atomic E-state index is 11.9. The van der Waals surface area contributed by atoms with Crippen molar-refractivity contribution in [1.29, 1.82) is 0 Å². The van der Waals surface area contributed by atoms with Crippen LogP contribution < -0.4 is 5.32 Å². The molecule has 22 heavy (non-hydrogen) atoms. The smallest absolute Gasteiger partial charge is 0.177 e. The molecule has 0 radical (unpaired) electrons. The summed E-state index contributed by atoms with van der Waals surface area (Å²) in [5.74, 6) is 0. The zero-order valence-electron chi connectivity index (χ0n) is 13.6. The highest BCUT2D eigenvalue weighted by molar-refractivity contribution is 7.91. The van der Waals surface area contributed by atoms with E-state index >= 15 is 0 Å². The Balaban J connectivity index is 3.15. The third kappa shape index (κ3) is 5.58. The Bertz CT molecular complexity index is 725. The van der Waals surface area contributed by atoms with Gasteiger partial charge in [-0.15, -0.1) is 0 Å². The van der Waals surface area contributed by atoms with Crippen molar-refractivity contribution in [3.05, 3.63) is 18.2 Å². The average molecular weight is 348 g/mol. The molecule has 1 aromatic rings. The largest absolute Gasteiger partial charge is 0.381 e. The minimum atomic E-state index is -3.53. The number of hydrogen-bond acceptors (Lipinski definition) is 6. The van der Waals surface area contributed by atoms with Crippen LogP contribution in [0.3, 0.4) is 0 Å². The second-order valence-corrected chi connectivity index (χ2v) is 9.84. The molecule has 0 saturated heterocycles. The van der Waals surface area contributed by atoms with Gasteiger partial charge in [0.25, 0.3) is 0 Å². The molecule has 0 aromatic heterocycles. The van der Waals surface area contributed by atoms with Crippen molar-refractivity contribution in [3.8, 4) is 0 Å². The van der Waals surface area contributed by atoms with Crippen LogP contribution in [-0.4, -0.2) is 60.9 Å². The van der Waals surface area contributed by atoms with Crippen molar-refractivity contribution in [2.75, 3.05) is 38.5 Å². The Kier molecular flexibility index (Phi) is 6.00. The summed E-state index contributed by atoms with van der Waals surface area (Å²) in [6, 6.07) is 4.21. The summed E-state index contributed by atoms with van der Waals surface area (Å²) in [7, 11) is -3.05. The molecule has 0 aliphatic carbocycles. The second kappa shape index (κ2) is 6.97. The van der Waals surface area contributed by atoms with Crippen molar-refractivity contribution in [3.63, 3.8) is 0 Å². The summed E-state index contributed by atoms with van der Waals surface area (Å²) < 4.78 is 47.1. The zero-order valence-corrected chi connectivity index (χ0v) is 15.3. The van der Waals surface area contributed by atoms with Gasteiger partial charge in [0, 0.05) is 18.6 Å². The first-order valence-electron chi connectivity index (χ1n) is 6.86. The monoisotopic (exact) mass is 348 g/mol. The fourth-order valence-corrected chi connectivity index (χ4v) is 3.54. The van der Waals surface area contributed by atoms with E-state index in [0.717, 1.165) is 25.5 Å². The van der Waals surface area contributed by atoms with Gasteiger partial charge >= 0.3 is 0 Å². The first-order chi connectivity index (χ1) is 9.91. The van der Waals surface area contributed by atoms with Gasteiger partial charge in [0.2, 0.25) is 0 Å². The number of sulfone groups is 2. The van der Waals surface area contributed by atoms with E-state index in [9.17, 15) is 16.8 Å². The quantitative estimate of drug-likeness (QED) is 0.798. The van der Waals surface area contributed by atoms with Crippen LogP contribution in [0.1, 0.15) is 13.3 Å². The highest BCUT2D eigenvalue weighted by Crippen LogP contribution is 2.26. The fraction of sp³-hybridized carbons (Fsp3) is 0.571. The van der Waals surface area contributed by atoms with Crippen LogP contribution in [0, 0.1) is 0 Å². The van der Waals surface area contributed by atoms with Gasteiger partial charge < -0.3 is 10.2 Å². The molecule has 1 N–H and O–H groups in total. The van der Waals surface area contributed by atoms with Crippen LogP contribution >= 0.6 is 0 Å². The summed E-state index contributed by atoms with van der Waals surface area (Å²) >= 11 is 0. The standard InChI is InChI=1S/C14H24N2O4S2/c1-11(8-9-16(2)3)15-13-7-6-12(21(4,17)18)10-14(13)22(5,19)20/h6-7,10-11,15H,8-9H2,1-5H3.